The normalized spacial score (nSPS) is 26.8. The number of ether oxygens (including phenoxy) is 2. The standard InChI is InChI=1S/C30H34O4/c1-7-8-9-10-19-16(3)13-21-26(25(19)31)33-29-20-12-11-15(2)22-18(5)23-17(4)14-32-27(23)28(24(20)22)34-30(21,29)6/h7-8,13-15,20,29,31H,9-12H2,1-6H3. The van der Waals surface area contributed by atoms with Crippen molar-refractivity contribution in [3.8, 4) is 17.2 Å². The lowest BCUT2D eigenvalue weighted by atomic mass is 9.67. The number of hydrogen-bond donors (Lipinski definition) is 1. The van der Waals surface area contributed by atoms with Crippen molar-refractivity contribution in [2.24, 2.45) is 0 Å². The molecule has 1 aromatic heterocycles. The van der Waals surface area contributed by atoms with Crippen molar-refractivity contribution >= 4 is 11.0 Å². The van der Waals surface area contributed by atoms with E-state index in [0.29, 0.717) is 11.7 Å². The van der Waals surface area contributed by atoms with Gasteiger partial charge in [-0.3, -0.25) is 0 Å². The quantitative estimate of drug-likeness (QED) is 0.410. The van der Waals surface area contributed by atoms with E-state index in [1.807, 2.05) is 13.2 Å². The van der Waals surface area contributed by atoms with Crippen molar-refractivity contribution in [2.45, 2.75) is 90.8 Å². The van der Waals surface area contributed by atoms with Crippen molar-refractivity contribution in [3.63, 3.8) is 0 Å². The third-order valence-electron chi connectivity index (χ3n) is 8.65. The second-order valence-electron chi connectivity index (χ2n) is 10.7. The topological polar surface area (TPSA) is 51.8 Å². The van der Waals surface area contributed by atoms with Gasteiger partial charge in [0.15, 0.2) is 28.4 Å². The van der Waals surface area contributed by atoms with Gasteiger partial charge in [-0.2, -0.15) is 0 Å². The Labute approximate surface area is 201 Å². The molecule has 4 nitrogen and oxygen atoms in total. The van der Waals surface area contributed by atoms with E-state index in [1.54, 1.807) is 0 Å². The van der Waals surface area contributed by atoms with Crippen LogP contribution in [0.5, 0.6) is 17.2 Å². The van der Waals surface area contributed by atoms with Gasteiger partial charge < -0.3 is 19.0 Å². The lowest BCUT2D eigenvalue weighted by Gasteiger charge is -2.45. The summed E-state index contributed by atoms with van der Waals surface area (Å²) in [5, 5.41) is 12.5. The van der Waals surface area contributed by atoms with E-state index in [0.717, 1.165) is 59.3 Å². The minimum absolute atomic E-state index is 0.176. The zero-order valence-corrected chi connectivity index (χ0v) is 21.0. The largest absolute Gasteiger partial charge is 0.504 e. The molecular formula is C30H34O4. The van der Waals surface area contributed by atoms with Gasteiger partial charge in [0.2, 0.25) is 0 Å². The number of furan rings is 1. The maximum Gasteiger partial charge on any atom is 0.176 e. The summed E-state index contributed by atoms with van der Waals surface area (Å²) in [6.07, 6.45) is 9.70. The smallest absolute Gasteiger partial charge is 0.176 e. The van der Waals surface area contributed by atoms with Crippen LogP contribution in [-0.2, 0) is 12.0 Å². The molecule has 6 rings (SSSR count). The number of aryl methyl sites for hydroxylation is 3. The number of phenolic OH excluding ortho intramolecular Hbond substituents is 1. The van der Waals surface area contributed by atoms with E-state index in [9.17, 15) is 5.11 Å². The van der Waals surface area contributed by atoms with Gasteiger partial charge in [0.25, 0.3) is 0 Å². The first kappa shape index (κ1) is 21.6. The lowest BCUT2D eigenvalue weighted by Crippen LogP contribution is -2.49. The Hall–Kier alpha value is -2.88. The molecule has 0 saturated carbocycles. The molecule has 178 valence electrons. The summed E-state index contributed by atoms with van der Waals surface area (Å²) >= 11 is 0. The summed E-state index contributed by atoms with van der Waals surface area (Å²) in [5.41, 5.74) is 8.29. The highest BCUT2D eigenvalue weighted by Gasteiger charge is 2.58. The molecule has 0 fully saturated rings. The molecule has 1 aliphatic carbocycles. The summed E-state index contributed by atoms with van der Waals surface area (Å²) < 4.78 is 19.7. The van der Waals surface area contributed by atoms with Crippen LogP contribution in [0.15, 0.2) is 28.9 Å². The highest BCUT2D eigenvalue weighted by molar-refractivity contribution is 5.93. The van der Waals surface area contributed by atoms with Crippen LogP contribution in [0.4, 0.5) is 0 Å². The van der Waals surface area contributed by atoms with Gasteiger partial charge in [0.05, 0.1) is 6.26 Å². The van der Waals surface area contributed by atoms with Gasteiger partial charge >= 0.3 is 0 Å². The second-order valence-corrected chi connectivity index (χ2v) is 10.7. The number of fused-ring (bicyclic) bond motifs is 6. The van der Waals surface area contributed by atoms with Crippen molar-refractivity contribution in [1.29, 1.82) is 0 Å². The minimum atomic E-state index is -0.683. The molecule has 0 radical (unpaired) electrons. The highest BCUT2D eigenvalue weighted by atomic mass is 16.6. The van der Waals surface area contributed by atoms with E-state index >= 15 is 0 Å². The molecule has 0 amide bonds. The summed E-state index contributed by atoms with van der Waals surface area (Å²) in [4.78, 5) is 0. The molecule has 2 aromatic carbocycles. The van der Waals surface area contributed by atoms with E-state index in [2.05, 4.69) is 52.8 Å². The van der Waals surface area contributed by atoms with Crippen LogP contribution in [0.3, 0.4) is 0 Å². The SMILES string of the molecule is CC=CCCc1c(C)cc2c(c1O)OC1C3CCC(C)c4c3c(c3occ(C)c3c4C)OC21C. The van der Waals surface area contributed by atoms with E-state index < -0.39 is 5.60 Å². The maximum absolute atomic E-state index is 11.3. The Bertz CT molecular complexity index is 1360. The first-order chi connectivity index (χ1) is 16.3. The van der Waals surface area contributed by atoms with Crippen molar-refractivity contribution in [1.82, 2.24) is 0 Å². The zero-order chi connectivity index (χ0) is 23.9. The van der Waals surface area contributed by atoms with Crippen LogP contribution in [0.2, 0.25) is 0 Å². The number of hydrogen-bond acceptors (Lipinski definition) is 4. The van der Waals surface area contributed by atoms with Crippen LogP contribution < -0.4 is 9.47 Å². The Kier molecular flexibility index (Phi) is 4.65. The fourth-order valence-corrected chi connectivity index (χ4v) is 6.99. The molecular weight excluding hydrogens is 424 g/mol. The Morgan fingerprint density at radius 1 is 1.12 bits per heavy atom. The fourth-order valence-electron chi connectivity index (χ4n) is 6.99. The van der Waals surface area contributed by atoms with E-state index in [1.165, 1.54) is 22.1 Å². The Morgan fingerprint density at radius 3 is 2.68 bits per heavy atom. The summed E-state index contributed by atoms with van der Waals surface area (Å²) in [5.74, 6) is 2.43. The van der Waals surface area contributed by atoms with Gasteiger partial charge in [0.1, 0.15) is 6.10 Å². The third-order valence-corrected chi connectivity index (χ3v) is 8.65. The molecule has 0 spiro atoms. The summed E-state index contributed by atoms with van der Waals surface area (Å²) in [7, 11) is 0. The Balaban J connectivity index is 1.56. The van der Waals surface area contributed by atoms with Gasteiger partial charge in [-0.15, -0.1) is 0 Å². The van der Waals surface area contributed by atoms with Crippen molar-refractivity contribution in [3.05, 3.63) is 63.4 Å². The van der Waals surface area contributed by atoms with Crippen LogP contribution >= 0.6 is 0 Å². The number of allylic oxidation sites excluding steroid dienone is 2. The van der Waals surface area contributed by atoms with Gasteiger partial charge in [-0.25, -0.2) is 0 Å². The van der Waals surface area contributed by atoms with Crippen LogP contribution in [0.25, 0.3) is 11.0 Å². The van der Waals surface area contributed by atoms with Gasteiger partial charge in [-0.1, -0.05) is 19.1 Å². The predicted molar refractivity (Wildman–Crippen MR) is 134 cm³/mol. The minimum Gasteiger partial charge on any atom is -0.504 e. The zero-order valence-electron chi connectivity index (χ0n) is 21.0. The summed E-state index contributed by atoms with van der Waals surface area (Å²) in [6, 6.07) is 2.18. The number of benzene rings is 2. The number of rotatable bonds is 3. The first-order valence-corrected chi connectivity index (χ1v) is 12.6. The molecule has 1 N–H and O–H groups in total. The molecule has 3 aromatic rings. The molecule has 2 aliphatic heterocycles. The molecule has 4 unspecified atom stereocenters. The van der Waals surface area contributed by atoms with E-state index in [4.69, 9.17) is 13.9 Å². The van der Waals surface area contributed by atoms with Crippen molar-refractivity contribution in [2.75, 3.05) is 0 Å². The number of phenols is 1. The monoisotopic (exact) mass is 458 g/mol. The third kappa shape index (κ3) is 2.66. The molecule has 34 heavy (non-hydrogen) atoms. The molecule has 3 heterocycles. The molecule has 3 aliphatic rings. The van der Waals surface area contributed by atoms with Crippen molar-refractivity contribution < 1.29 is 19.0 Å². The van der Waals surface area contributed by atoms with Gasteiger partial charge in [0, 0.05) is 28.0 Å². The van der Waals surface area contributed by atoms with Crippen LogP contribution in [0.1, 0.15) is 90.8 Å². The average molecular weight is 459 g/mol. The second kappa shape index (κ2) is 7.31. The lowest BCUT2D eigenvalue weighted by molar-refractivity contribution is -0.0373. The fraction of sp³-hybridized carbons (Fsp3) is 0.467. The molecule has 4 atom stereocenters. The predicted octanol–water partition coefficient (Wildman–Crippen LogP) is 7.62. The summed E-state index contributed by atoms with van der Waals surface area (Å²) in [6.45, 7) is 12.9. The number of aromatic hydroxyl groups is 1. The molecule has 0 saturated heterocycles. The molecule has 0 bridgehead atoms. The van der Waals surface area contributed by atoms with Crippen LogP contribution in [-0.4, -0.2) is 11.2 Å². The maximum atomic E-state index is 11.3. The van der Waals surface area contributed by atoms with Crippen LogP contribution in [0, 0.1) is 20.8 Å². The highest BCUT2D eigenvalue weighted by Crippen LogP contribution is 2.62. The average Bonchev–Trinajstić information content (AvgIpc) is 3.33. The first-order valence-electron chi connectivity index (χ1n) is 12.6. The molecule has 4 heteroatoms. The van der Waals surface area contributed by atoms with E-state index in [-0.39, 0.29) is 17.8 Å². The van der Waals surface area contributed by atoms with Gasteiger partial charge in [-0.05, 0) is 94.5 Å². The Morgan fingerprint density at radius 2 is 1.91 bits per heavy atom.